The third-order valence-electron chi connectivity index (χ3n) is 2.69. The Morgan fingerprint density at radius 3 is 2.28 bits per heavy atom. The van der Waals surface area contributed by atoms with Crippen LogP contribution in [0, 0.1) is 17.2 Å². The number of nitrogens with zero attached hydrogens (tertiary/aromatic N) is 2. The van der Waals surface area contributed by atoms with Crippen molar-refractivity contribution >= 4 is 47.0 Å². The first kappa shape index (κ1) is 20.9. The smallest absolute Gasteiger partial charge is 0.340 e. The topological polar surface area (TPSA) is 88.8 Å². The molecule has 1 rings (SSSR count). The Kier molecular flexibility index (Phi) is 7.88. The quantitative estimate of drug-likeness (QED) is 0.537. The minimum absolute atomic E-state index is 0.0141. The van der Waals surface area contributed by atoms with Gasteiger partial charge in [0.1, 0.15) is 0 Å². The van der Waals surface area contributed by atoms with Crippen molar-refractivity contribution < 1.29 is 19.1 Å². The van der Waals surface area contributed by atoms with Crippen molar-refractivity contribution in [3.63, 3.8) is 0 Å². The summed E-state index contributed by atoms with van der Waals surface area (Å²) in [6.07, 6.45) is 0.409. The average molecular weight is 385 g/mol. The predicted molar refractivity (Wildman–Crippen MR) is 95.5 cm³/mol. The molecule has 0 fully saturated rings. The molecule has 0 aromatic heterocycles. The first-order valence-electron chi connectivity index (χ1n) is 7.50. The molecule has 1 unspecified atom stereocenters. The molecule has 0 N–H and O–H groups in total. The van der Waals surface area contributed by atoms with Gasteiger partial charge in [0.15, 0.2) is 5.92 Å². The van der Waals surface area contributed by atoms with Crippen LogP contribution in [0.15, 0.2) is 17.1 Å². The van der Waals surface area contributed by atoms with Crippen LogP contribution in [0.3, 0.4) is 0 Å². The largest absolute Gasteiger partial charge is 0.462 e. The molecule has 0 spiro atoms. The highest BCUT2D eigenvalue weighted by molar-refractivity contribution is 6.38. The summed E-state index contributed by atoms with van der Waals surface area (Å²) in [5, 5.41) is 9.31. The third kappa shape index (κ3) is 6.37. The van der Waals surface area contributed by atoms with Gasteiger partial charge in [0.2, 0.25) is 0 Å². The predicted octanol–water partition coefficient (Wildman–Crippen LogP) is 4.35. The Balaban J connectivity index is 3.13. The van der Waals surface area contributed by atoms with E-state index in [1.165, 1.54) is 12.1 Å². The van der Waals surface area contributed by atoms with Gasteiger partial charge < -0.3 is 9.47 Å². The lowest BCUT2D eigenvalue weighted by Gasteiger charge is -2.11. The Bertz CT molecular complexity index is 724. The number of carbonyl (C=O) groups excluding carboxylic acids is 2. The zero-order valence-electron chi connectivity index (χ0n) is 14.2. The summed E-state index contributed by atoms with van der Waals surface area (Å²) < 4.78 is 10.1. The van der Waals surface area contributed by atoms with Crippen molar-refractivity contribution in [3.05, 3.63) is 27.7 Å². The molecule has 0 aliphatic heterocycles. The van der Waals surface area contributed by atoms with E-state index in [4.69, 9.17) is 37.9 Å². The number of esters is 2. The number of hydrogen-bond donors (Lipinski definition) is 0. The van der Waals surface area contributed by atoms with Crippen LogP contribution in [0.2, 0.25) is 10.0 Å². The van der Waals surface area contributed by atoms with Crippen molar-refractivity contribution in [3.8, 4) is 6.07 Å². The molecule has 0 radical (unpaired) electrons. The minimum atomic E-state index is -1.21. The normalized spacial score (nSPS) is 12.3. The monoisotopic (exact) mass is 384 g/mol. The average Bonchev–Trinajstić information content (AvgIpc) is 2.49. The molecule has 134 valence electrons. The van der Waals surface area contributed by atoms with Crippen molar-refractivity contribution in [1.29, 1.82) is 5.26 Å². The van der Waals surface area contributed by atoms with Gasteiger partial charge in [-0.2, -0.15) is 5.26 Å². The van der Waals surface area contributed by atoms with E-state index in [-0.39, 0.29) is 33.5 Å². The van der Waals surface area contributed by atoms with E-state index in [1.807, 2.05) is 0 Å². The number of rotatable bonds is 6. The van der Waals surface area contributed by atoms with Gasteiger partial charge in [0, 0.05) is 11.2 Å². The molecule has 1 atom stereocenters. The van der Waals surface area contributed by atoms with Gasteiger partial charge in [-0.25, -0.2) is 4.79 Å². The first-order chi connectivity index (χ1) is 11.6. The highest BCUT2D eigenvalue weighted by atomic mass is 35.5. The van der Waals surface area contributed by atoms with Crippen molar-refractivity contribution in [2.75, 3.05) is 0 Å². The zero-order valence-corrected chi connectivity index (χ0v) is 15.8. The fourth-order valence-corrected chi connectivity index (χ4v) is 2.15. The van der Waals surface area contributed by atoms with Gasteiger partial charge in [-0.3, -0.25) is 9.79 Å². The molecular weight excluding hydrogens is 367 g/mol. The Morgan fingerprint density at radius 1 is 1.16 bits per heavy atom. The lowest BCUT2D eigenvalue weighted by atomic mass is 10.1. The molecular formula is C17H18Cl2N2O4. The molecule has 0 aliphatic rings. The molecule has 0 bridgehead atoms. The fourth-order valence-electron chi connectivity index (χ4n) is 1.70. The van der Waals surface area contributed by atoms with Crippen molar-refractivity contribution in [2.45, 2.75) is 39.9 Å². The minimum Gasteiger partial charge on any atom is -0.462 e. The summed E-state index contributed by atoms with van der Waals surface area (Å²) in [5.74, 6) is -2.57. The summed E-state index contributed by atoms with van der Waals surface area (Å²) in [5.41, 5.74) is 0.191. The molecule has 0 amide bonds. The van der Waals surface area contributed by atoms with Crippen LogP contribution in [-0.4, -0.2) is 30.4 Å². The summed E-state index contributed by atoms with van der Waals surface area (Å²) in [6, 6.07) is 4.56. The van der Waals surface area contributed by atoms with Gasteiger partial charge in [-0.05, 0) is 39.8 Å². The molecule has 25 heavy (non-hydrogen) atoms. The second-order valence-corrected chi connectivity index (χ2v) is 6.43. The number of nitriles is 1. The molecule has 6 nitrogen and oxygen atoms in total. The first-order valence-corrected chi connectivity index (χ1v) is 8.25. The van der Waals surface area contributed by atoms with Crippen molar-refractivity contribution in [1.82, 2.24) is 0 Å². The van der Waals surface area contributed by atoms with E-state index in [1.54, 1.807) is 33.8 Å². The lowest BCUT2D eigenvalue weighted by molar-refractivity contribution is -0.148. The number of benzene rings is 1. The highest BCUT2D eigenvalue weighted by Gasteiger charge is 2.20. The van der Waals surface area contributed by atoms with E-state index in [9.17, 15) is 9.59 Å². The fraction of sp³-hybridized carbons (Fsp3) is 0.412. The molecule has 1 aromatic rings. The maximum Gasteiger partial charge on any atom is 0.340 e. The second-order valence-electron chi connectivity index (χ2n) is 5.61. The van der Waals surface area contributed by atoms with E-state index >= 15 is 0 Å². The number of hydrogen-bond acceptors (Lipinski definition) is 6. The summed E-state index contributed by atoms with van der Waals surface area (Å²) in [7, 11) is 0. The zero-order chi connectivity index (χ0) is 19.1. The van der Waals surface area contributed by atoms with Gasteiger partial charge in [-0.15, -0.1) is 0 Å². The standard InChI is InChI=1S/C17H18Cl2N2O4/c1-9(2)24-16(22)11(7-20)8-21-14-6-12(18)5-13(15(14)19)17(23)25-10(3)4/h5-6,8-11H,1-4H3. The maximum absolute atomic E-state index is 12.1. The Hall–Kier alpha value is -2.10. The number of halogens is 2. The summed E-state index contributed by atoms with van der Waals surface area (Å²) in [4.78, 5) is 27.9. The van der Waals surface area contributed by atoms with Crippen LogP contribution in [0.1, 0.15) is 38.1 Å². The SMILES string of the molecule is CC(C)OC(=O)c1cc(Cl)cc(N=CC(C#N)C(=O)OC(C)C)c1Cl. The van der Waals surface area contributed by atoms with E-state index in [0.717, 1.165) is 6.21 Å². The van der Waals surface area contributed by atoms with Gasteiger partial charge >= 0.3 is 11.9 Å². The van der Waals surface area contributed by atoms with Crippen LogP contribution in [0.5, 0.6) is 0 Å². The van der Waals surface area contributed by atoms with Gasteiger partial charge in [-0.1, -0.05) is 23.2 Å². The molecule has 1 aromatic carbocycles. The number of aliphatic imine (C=N–C) groups is 1. The maximum atomic E-state index is 12.1. The number of carbonyl (C=O) groups is 2. The van der Waals surface area contributed by atoms with Crippen molar-refractivity contribution in [2.24, 2.45) is 10.9 Å². The molecule has 0 heterocycles. The van der Waals surface area contributed by atoms with Gasteiger partial charge in [0.05, 0.1) is 34.6 Å². The summed E-state index contributed by atoms with van der Waals surface area (Å²) >= 11 is 12.2. The lowest BCUT2D eigenvalue weighted by Crippen LogP contribution is -2.21. The van der Waals surface area contributed by atoms with E-state index < -0.39 is 17.9 Å². The Labute approximate surface area is 156 Å². The number of ether oxygens (including phenoxy) is 2. The summed E-state index contributed by atoms with van der Waals surface area (Å²) in [6.45, 7) is 6.74. The molecule has 0 saturated heterocycles. The van der Waals surface area contributed by atoms with Gasteiger partial charge in [0.25, 0.3) is 0 Å². The third-order valence-corrected chi connectivity index (χ3v) is 3.30. The molecule has 8 heteroatoms. The molecule has 0 saturated carbocycles. The highest BCUT2D eigenvalue weighted by Crippen LogP contribution is 2.33. The Morgan fingerprint density at radius 2 is 1.76 bits per heavy atom. The van der Waals surface area contributed by atoms with E-state index in [2.05, 4.69) is 4.99 Å². The molecule has 0 aliphatic carbocycles. The second kappa shape index (κ2) is 9.40. The van der Waals surface area contributed by atoms with Crippen LogP contribution in [-0.2, 0) is 14.3 Å². The van der Waals surface area contributed by atoms with Crippen LogP contribution in [0.4, 0.5) is 5.69 Å². The van der Waals surface area contributed by atoms with Crippen LogP contribution in [0.25, 0.3) is 0 Å². The van der Waals surface area contributed by atoms with Crippen LogP contribution >= 0.6 is 23.2 Å². The van der Waals surface area contributed by atoms with Crippen LogP contribution < -0.4 is 0 Å². The van der Waals surface area contributed by atoms with E-state index in [0.29, 0.717) is 0 Å².